The Balaban J connectivity index is 2.24. The van der Waals surface area contributed by atoms with Crippen LogP contribution in [0.4, 0.5) is 5.82 Å². The Bertz CT molecular complexity index is 561. The van der Waals surface area contributed by atoms with E-state index in [0.29, 0.717) is 17.1 Å². The van der Waals surface area contributed by atoms with Crippen molar-refractivity contribution in [2.45, 2.75) is 0 Å². The van der Waals surface area contributed by atoms with Crippen LogP contribution in [0.25, 0.3) is 0 Å². The van der Waals surface area contributed by atoms with Gasteiger partial charge >= 0.3 is 0 Å². The lowest BCUT2D eigenvalue weighted by Crippen LogP contribution is -2.14. The zero-order chi connectivity index (χ0) is 13.0. The van der Waals surface area contributed by atoms with Crippen LogP contribution in [0.2, 0.25) is 0 Å². The highest BCUT2D eigenvalue weighted by Crippen LogP contribution is 2.24. The number of aromatic nitrogens is 2. The standard InChI is InChI=1S/C12H10BrN3O2/c1-18-10-6-8(13)2-3-9(10)12(17)16-11-7-14-4-5-15-11/h2-7H,1H3,(H,15,16,17). The molecule has 0 atom stereocenters. The van der Waals surface area contributed by atoms with Crippen molar-refractivity contribution in [1.29, 1.82) is 0 Å². The van der Waals surface area contributed by atoms with Gasteiger partial charge in [-0.15, -0.1) is 0 Å². The predicted octanol–water partition coefficient (Wildman–Crippen LogP) is 2.50. The van der Waals surface area contributed by atoms with Crippen molar-refractivity contribution in [1.82, 2.24) is 9.97 Å². The summed E-state index contributed by atoms with van der Waals surface area (Å²) in [7, 11) is 1.51. The second-order valence-electron chi connectivity index (χ2n) is 3.39. The number of anilines is 1. The molecule has 2 aromatic rings. The Labute approximate surface area is 112 Å². The molecule has 0 aliphatic rings. The van der Waals surface area contributed by atoms with Gasteiger partial charge in [-0.05, 0) is 18.2 Å². The average Bonchev–Trinajstić information content (AvgIpc) is 2.39. The van der Waals surface area contributed by atoms with Crippen LogP contribution in [0.5, 0.6) is 5.75 Å². The van der Waals surface area contributed by atoms with E-state index in [0.717, 1.165) is 4.47 Å². The van der Waals surface area contributed by atoms with Crippen LogP contribution in [0.15, 0.2) is 41.3 Å². The molecule has 6 heteroatoms. The minimum Gasteiger partial charge on any atom is -0.496 e. The molecule has 1 heterocycles. The maximum Gasteiger partial charge on any atom is 0.260 e. The van der Waals surface area contributed by atoms with E-state index in [1.165, 1.54) is 25.7 Å². The Morgan fingerprint density at radius 2 is 2.22 bits per heavy atom. The molecule has 0 fully saturated rings. The van der Waals surface area contributed by atoms with Crippen molar-refractivity contribution in [3.8, 4) is 5.75 Å². The van der Waals surface area contributed by atoms with Crippen molar-refractivity contribution in [3.05, 3.63) is 46.8 Å². The number of carbonyl (C=O) groups excluding carboxylic acids is 1. The first-order valence-corrected chi connectivity index (χ1v) is 5.91. The van der Waals surface area contributed by atoms with Crippen LogP contribution in [-0.2, 0) is 0 Å². The van der Waals surface area contributed by atoms with Gasteiger partial charge in [0, 0.05) is 16.9 Å². The van der Waals surface area contributed by atoms with E-state index in [4.69, 9.17) is 4.74 Å². The van der Waals surface area contributed by atoms with E-state index < -0.39 is 0 Å². The molecule has 1 N–H and O–H groups in total. The van der Waals surface area contributed by atoms with Gasteiger partial charge in [-0.25, -0.2) is 4.98 Å². The predicted molar refractivity (Wildman–Crippen MR) is 70.7 cm³/mol. The molecule has 18 heavy (non-hydrogen) atoms. The smallest absolute Gasteiger partial charge is 0.260 e. The number of hydrogen-bond acceptors (Lipinski definition) is 4. The third-order valence-corrected chi connectivity index (χ3v) is 2.71. The van der Waals surface area contributed by atoms with Crippen molar-refractivity contribution in [2.75, 3.05) is 12.4 Å². The zero-order valence-electron chi connectivity index (χ0n) is 9.55. The third kappa shape index (κ3) is 2.84. The van der Waals surface area contributed by atoms with Crippen molar-refractivity contribution in [2.24, 2.45) is 0 Å². The molecule has 0 saturated carbocycles. The van der Waals surface area contributed by atoms with Crippen LogP contribution in [0, 0.1) is 0 Å². The summed E-state index contributed by atoms with van der Waals surface area (Å²) in [5, 5.41) is 2.64. The van der Waals surface area contributed by atoms with E-state index >= 15 is 0 Å². The van der Waals surface area contributed by atoms with Crippen molar-refractivity contribution in [3.63, 3.8) is 0 Å². The maximum atomic E-state index is 12.0. The molecule has 1 amide bonds. The molecule has 0 unspecified atom stereocenters. The number of amides is 1. The van der Waals surface area contributed by atoms with Gasteiger partial charge in [0.05, 0.1) is 18.9 Å². The summed E-state index contributed by atoms with van der Waals surface area (Å²) in [6, 6.07) is 5.17. The monoisotopic (exact) mass is 307 g/mol. The van der Waals surface area contributed by atoms with Gasteiger partial charge in [-0.2, -0.15) is 0 Å². The molecule has 0 bridgehead atoms. The number of halogens is 1. The van der Waals surface area contributed by atoms with Gasteiger partial charge < -0.3 is 10.1 Å². The van der Waals surface area contributed by atoms with Gasteiger partial charge in [0.15, 0.2) is 5.82 Å². The molecular formula is C12H10BrN3O2. The summed E-state index contributed by atoms with van der Waals surface area (Å²) in [4.78, 5) is 19.9. The number of nitrogens with one attached hydrogen (secondary N) is 1. The molecule has 2 rings (SSSR count). The number of methoxy groups -OCH3 is 1. The first-order valence-electron chi connectivity index (χ1n) is 5.11. The molecule has 1 aromatic heterocycles. The number of ether oxygens (including phenoxy) is 1. The van der Waals surface area contributed by atoms with E-state index in [1.54, 1.807) is 18.2 Å². The third-order valence-electron chi connectivity index (χ3n) is 2.21. The second-order valence-corrected chi connectivity index (χ2v) is 4.31. The van der Waals surface area contributed by atoms with E-state index in [9.17, 15) is 4.79 Å². The van der Waals surface area contributed by atoms with Gasteiger partial charge in [-0.3, -0.25) is 9.78 Å². The second kappa shape index (κ2) is 5.59. The summed E-state index contributed by atoms with van der Waals surface area (Å²) in [5.41, 5.74) is 0.436. The lowest BCUT2D eigenvalue weighted by atomic mass is 10.2. The summed E-state index contributed by atoms with van der Waals surface area (Å²) < 4.78 is 6.00. The Kier molecular flexibility index (Phi) is 3.88. The maximum absolute atomic E-state index is 12.0. The number of carbonyl (C=O) groups is 1. The number of benzene rings is 1. The van der Waals surface area contributed by atoms with Gasteiger partial charge in [0.25, 0.3) is 5.91 Å². The number of rotatable bonds is 3. The summed E-state index contributed by atoms with van der Waals surface area (Å²) in [6.07, 6.45) is 4.52. The molecule has 5 nitrogen and oxygen atoms in total. The fourth-order valence-electron chi connectivity index (χ4n) is 1.40. The fraction of sp³-hybridized carbons (Fsp3) is 0.0833. The molecule has 0 aliphatic carbocycles. The zero-order valence-corrected chi connectivity index (χ0v) is 11.1. The van der Waals surface area contributed by atoms with Gasteiger partial charge in [-0.1, -0.05) is 15.9 Å². The van der Waals surface area contributed by atoms with E-state index in [2.05, 4.69) is 31.2 Å². The highest BCUT2D eigenvalue weighted by atomic mass is 79.9. The van der Waals surface area contributed by atoms with E-state index in [-0.39, 0.29) is 5.91 Å². The molecule has 92 valence electrons. The van der Waals surface area contributed by atoms with Crippen LogP contribution in [0.1, 0.15) is 10.4 Å². The minimum atomic E-state index is -0.292. The Morgan fingerprint density at radius 1 is 1.39 bits per heavy atom. The quantitative estimate of drug-likeness (QED) is 0.946. The molecular weight excluding hydrogens is 298 g/mol. The molecule has 1 aromatic carbocycles. The lowest BCUT2D eigenvalue weighted by Gasteiger charge is -2.08. The van der Waals surface area contributed by atoms with Crippen LogP contribution < -0.4 is 10.1 Å². The topological polar surface area (TPSA) is 64.1 Å². The summed E-state index contributed by atoms with van der Waals surface area (Å²) in [5.74, 6) is 0.595. The largest absolute Gasteiger partial charge is 0.496 e. The molecule has 0 spiro atoms. The highest BCUT2D eigenvalue weighted by Gasteiger charge is 2.13. The Morgan fingerprint density at radius 3 is 2.89 bits per heavy atom. The average molecular weight is 308 g/mol. The first-order chi connectivity index (χ1) is 8.70. The highest BCUT2D eigenvalue weighted by molar-refractivity contribution is 9.10. The summed E-state index contributed by atoms with van der Waals surface area (Å²) >= 11 is 3.32. The van der Waals surface area contributed by atoms with Crippen LogP contribution in [-0.4, -0.2) is 23.0 Å². The number of hydrogen-bond donors (Lipinski definition) is 1. The minimum absolute atomic E-state index is 0.292. The lowest BCUT2D eigenvalue weighted by molar-refractivity contribution is 0.102. The Hall–Kier alpha value is -1.95. The van der Waals surface area contributed by atoms with Crippen molar-refractivity contribution >= 4 is 27.7 Å². The van der Waals surface area contributed by atoms with Crippen molar-refractivity contribution < 1.29 is 9.53 Å². The van der Waals surface area contributed by atoms with Crippen LogP contribution >= 0.6 is 15.9 Å². The molecule has 0 radical (unpaired) electrons. The first kappa shape index (κ1) is 12.5. The van der Waals surface area contributed by atoms with Crippen LogP contribution in [0.3, 0.4) is 0 Å². The SMILES string of the molecule is COc1cc(Br)ccc1C(=O)Nc1cnccn1. The summed E-state index contributed by atoms with van der Waals surface area (Å²) in [6.45, 7) is 0. The van der Waals surface area contributed by atoms with Gasteiger partial charge in [0.2, 0.25) is 0 Å². The molecule has 0 aliphatic heterocycles. The fourth-order valence-corrected chi connectivity index (χ4v) is 1.74. The van der Waals surface area contributed by atoms with E-state index in [1.807, 2.05) is 0 Å². The van der Waals surface area contributed by atoms with Gasteiger partial charge in [0.1, 0.15) is 5.75 Å². The number of nitrogens with zero attached hydrogens (tertiary/aromatic N) is 2. The molecule has 0 saturated heterocycles. The normalized spacial score (nSPS) is 9.89.